The summed E-state index contributed by atoms with van der Waals surface area (Å²) >= 11 is 0. The molecule has 1 atom stereocenters. The first kappa shape index (κ1) is 15.3. The summed E-state index contributed by atoms with van der Waals surface area (Å²) in [5.74, 6) is -1.20. The van der Waals surface area contributed by atoms with Gasteiger partial charge in [-0.15, -0.1) is 0 Å². The van der Waals surface area contributed by atoms with Crippen molar-refractivity contribution in [3.63, 3.8) is 0 Å². The largest absolute Gasteiger partial charge is 0.481 e. The van der Waals surface area contributed by atoms with Gasteiger partial charge in [0, 0.05) is 19.6 Å². The molecule has 0 radical (unpaired) electrons. The second-order valence-corrected chi connectivity index (χ2v) is 5.68. The number of urea groups is 1. The number of rotatable bonds is 3. The van der Waals surface area contributed by atoms with Crippen LogP contribution in [0.5, 0.6) is 0 Å². The van der Waals surface area contributed by atoms with E-state index in [1.54, 1.807) is 19.1 Å². The molecule has 1 heterocycles. The molecule has 1 unspecified atom stereocenters. The van der Waals surface area contributed by atoms with E-state index in [2.05, 4.69) is 5.32 Å². The van der Waals surface area contributed by atoms with Gasteiger partial charge in [0.15, 0.2) is 0 Å². The lowest BCUT2D eigenvalue weighted by Gasteiger charge is -2.37. The molecule has 1 aliphatic heterocycles. The Morgan fingerprint density at radius 3 is 2.67 bits per heavy atom. The van der Waals surface area contributed by atoms with Gasteiger partial charge in [-0.3, -0.25) is 4.79 Å². The maximum atomic E-state index is 12.8. The normalized spacial score (nSPS) is 21.9. The van der Waals surface area contributed by atoms with Crippen LogP contribution in [0.15, 0.2) is 24.3 Å². The second kappa shape index (κ2) is 6.11. The molecule has 2 rings (SSSR count). The molecule has 6 heteroatoms. The molecule has 114 valence electrons. The number of amides is 2. The van der Waals surface area contributed by atoms with Crippen molar-refractivity contribution >= 4 is 12.0 Å². The quantitative estimate of drug-likeness (QED) is 0.898. The average Bonchev–Trinajstić information content (AvgIpc) is 2.46. The predicted molar refractivity (Wildman–Crippen MR) is 75.2 cm³/mol. The van der Waals surface area contributed by atoms with Crippen molar-refractivity contribution in [2.24, 2.45) is 5.41 Å². The second-order valence-electron chi connectivity index (χ2n) is 5.68. The highest BCUT2D eigenvalue weighted by atomic mass is 19.1. The summed E-state index contributed by atoms with van der Waals surface area (Å²) in [7, 11) is 0. The summed E-state index contributed by atoms with van der Waals surface area (Å²) in [6.45, 7) is 2.71. The van der Waals surface area contributed by atoms with Crippen molar-refractivity contribution in [2.75, 3.05) is 13.1 Å². The molecule has 2 amide bonds. The van der Waals surface area contributed by atoms with Crippen LogP contribution in [0.3, 0.4) is 0 Å². The zero-order valence-electron chi connectivity index (χ0n) is 11.9. The number of likely N-dealkylation sites (tertiary alicyclic amines) is 1. The Morgan fingerprint density at radius 2 is 2.05 bits per heavy atom. The fraction of sp³-hybridized carbons (Fsp3) is 0.467. The van der Waals surface area contributed by atoms with Gasteiger partial charge in [0.2, 0.25) is 0 Å². The van der Waals surface area contributed by atoms with Crippen molar-refractivity contribution in [3.8, 4) is 0 Å². The van der Waals surface area contributed by atoms with Crippen LogP contribution < -0.4 is 5.32 Å². The topological polar surface area (TPSA) is 69.6 Å². The maximum absolute atomic E-state index is 12.8. The van der Waals surface area contributed by atoms with E-state index in [9.17, 15) is 19.1 Å². The molecule has 1 fully saturated rings. The van der Waals surface area contributed by atoms with Gasteiger partial charge >= 0.3 is 12.0 Å². The summed E-state index contributed by atoms with van der Waals surface area (Å²) in [5.41, 5.74) is -0.0892. The van der Waals surface area contributed by atoms with E-state index in [1.807, 2.05) is 0 Å². The van der Waals surface area contributed by atoms with Crippen molar-refractivity contribution in [2.45, 2.75) is 26.3 Å². The van der Waals surface area contributed by atoms with Gasteiger partial charge in [0.1, 0.15) is 5.82 Å². The van der Waals surface area contributed by atoms with Gasteiger partial charge in [-0.25, -0.2) is 9.18 Å². The Balaban J connectivity index is 1.91. The number of piperidine rings is 1. The van der Waals surface area contributed by atoms with Gasteiger partial charge in [-0.1, -0.05) is 12.1 Å². The number of hydrogen-bond donors (Lipinski definition) is 2. The van der Waals surface area contributed by atoms with E-state index < -0.39 is 11.4 Å². The van der Waals surface area contributed by atoms with Crippen LogP contribution in [0.25, 0.3) is 0 Å². The minimum Gasteiger partial charge on any atom is -0.481 e. The first-order valence-electron chi connectivity index (χ1n) is 6.91. The van der Waals surface area contributed by atoms with E-state index in [0.717, 1.165) is 5.56 Å². The number of benzene rings is 1. The highest BCUT2D eigenvalue weighted by Crippen LogP contribution is 2.29. The molecule has 1 aromatic rings. The molecule has 0 aromatic heterocycles. The standard InChI is InChI=1S/C15H19FN2O3/c1-15(13(19)20)7-2-8-18(10-15)14(21)17-9-11-3-5-12(16)6-4-11/h3-6H,2,7-10H2,1H3,(H,17,21)(H,19,20). The van der Waals surface area contributed by atoms with E-state index in [1.165, 1.54) is 17.0 Å². The van der Waals surface area contributed by atoms with Crippen LogP contribution in [-0.2, 0) is 11.3 Å². The van der Waals surface area contributed by atoms with E-state index in [-0.39, 0.29) is 18.4 Å². The van der Waals surface area contributed by atoms with Gasteiger partial charge in [0.25, 0.3) is 0 Å². The number of hydrogen-bond acceptors (Lipinski definition) is 2. The molecule has 1 aromatic carbocycles. The summed E-state index contributed by atoms with van der Waals surface area (Å²) in [5, 5.41) is 12.0. The number of carbonyl (C=O) groups is 2. The van der Waals surface area contributed by atoms with E-state index in [0.29, 0.717) is 25.9 Å². The Labute approximate surface area is 122 Å². The number of halogens is 1. The first-order valence-corrected chi connectivity index (χ1v) is 6.91. The molecule has 1 saturated heterocycles. The lowest BCUT2D eigenvalue weighted by atomic mass is 9.82. The summed E-state index contributed by atoms with van der Waals surface area (Å²) < 4.78 is 12.8. The number of aliphatic carboxylic acids is 1. The molecule has 21 heavy (non-hydrogen) atoms. The molecule has 0 bridgehead atoms. The SMILES string of the molecule is CC1(C(=O)O)CCCN(C(=O)NCc2ccc(F)cc2)C1. The average molecular weight is 294 g/mol. The first-order chi connectivity index (χ1) is 9.90. The molecule has 1 aliphatic rings. The number of carboxylic acid groups (broad SMARTS) is 1. The minimum absolute atomic E-state index is 0.206. The Hall–Kier alpha value is -2.11. The monoisotopic (exact) mass is 294 g/mol. The highest BCUT2D eigenvalue weighted by Gasteiger charge is 2.39. The molecule has 5 nitrogen and oxygen atoms in total. The van der Waals surface area contributed by atoms with Crippen LogP contribution >= 0.6 is 0 Å². The highest BCUT2D eigenvalue weighted by molar-refractivity contribution is 5.78. The zero-order valence-corrected chi connectivity index (χ0v) is 11.9. The summed E-state index contributed by atoms with van der Waals surface area (Å²) in [6.07, 6.45) is 1.25. The van der Waals surface area contributed by atoms with Crippen molar-refractivity contribution in [1.82, 2.24) is 10.2 Å². The van der Waals surface area contributed by atoms with Crippen LogP contribution in [0.4, 0.5) is 9.18 Å². The van der Waals surface area contributed by atoms with Crippen LogP contribution in [0, 0.1) is 11.2 Å². The Kier molecular flexibility index (Phi) is 4.45. The van der Waals surface area contributed by atoms with Crippen molar-refractivity contribution in [3.05, 3.63) is 35.6 Å². The molecular weight excluding hydrogens is 275 g/mol. The van der Waals surface area contributed by atoms with Gasteiger partial charge < -0.3 is 15.3 Å². The smallest absolute Gasteiger partial charge is 0.317 e. The number of nitrogens with one attached hydrogen (secondary N) is 1. The van der Waals surface area contributed by atoms with Gasteiger partial charge in [-0.2, -0.15) is 0 Å². The Bertz CT molecular complexity index is 532. The predicted octanol–water partition coefficient (Wildman–Crippen LogP) is 2.22. The van der Waals surface area contributed by atoms with Gasteiger partial charge in [0.05, 0.1) is 5.41 Å². The molecule has 0 spiro atoms. The van der Waals surface area contributed by atoms with Crippen LogP contribution in [-0.4, -0.2) is 35.1 Å². The molecule has 0 saturated carbocycles. The third-order valence-electron chi connectivity index (χ3n) is 3.86. The van der Waals surface area contributed by atoms with Crippen molar-refractivity contribution < 1.29 is 19.1 Å². The van der Waals surface area contributed by atoms with Crippen molar-refractivity contribution in [1.29, 1.82) is 0 Å². The van der Waals surface area contributed by atoms with Gasteiger partial charge in [-0.05, 0) is 37.5 Å². The third kappa shape index (κ3) is 3.71. The van der Waals surface area contributed by atoms with Crippen LogP contribution in [0.2, 0.25) is 0 Å². The minimum atomic E-state index is -0.883. The molecule has 2 N–H and O–H groups in total. The number of carbonyl (C=O) groups excluding carboxylic acids is 1. The molecular formula is C15H19FN2O3. The fourth-order valence-electron chi connectivity index (χ4n) is 2.48. The lowest BCUT2D eigenvalue weighted by Crippen LogP contribution is -2.51. The molecule has 0 aliphatic carbocycles. The Morgan fingerprint density at radius 1 is 1.38 bits per heavy atom. The lowest BCUT2D eigenvalue weighted by molar-refractivity contribution is -0.150. The zero-order chi connectivity index (χ0) is 15.5. The van der Waals surface area contributed by atoms with Crippen LogP contribution in [0.1, 0.15) is 25.3 Å². The fourth-order valence-corrected chi connectivity index (χ4v) is 2.48. The van der Waals surface area contributed by atoms with E-state index >= 15 is 0 Å². The third-order valence-corrected chi connectivity index (χ3v) is 3.86. The number of nitrogens with zero attached hydrogens (tertiary/aromatic N) is 1. The van der Waals surface area contributed by atoms with E-state index in [4.69, 9.17) is 0 Å². The summed E-state index contributed by atoms with van der Waals surface area (Å²) in [6, 6.07) is 5.60. The number of carboxylic acids is 1. The summed E-state index contributed by atoms with van der Waals surface area (Å²) in [4.78, 5) is 24.9. The maximum Gasteiger partial charge on any atom is 0.317 e.